The molecule has 1 aromatic rings. The monoisotopic (exact) mass is 202 g/mol. The maximum absolute atomic E-state index is 5.43. The summed E-state index contributed by atoms with van der Waals surface area (Å²) < 4.78 is 10.7. The van der Waals surface area contributed by atoms with Crippen LogP contribution < -0.4 is 4.74 Å². The standard InChI is InChI=1S/C13H14O2/c1-14-13-7-3-2-5-11(13)8-9-12-6-4-10-15-12/h2-3,5,7,12H,4,6,10H2,1H3. The van der Waals surface area contributed by atoms with Gasteiger partial charge in [0.05, 0.1) is 12.7 Å². The van der Waals surface area contributed by atoms with Crippen molar-refractivity contribution in [2.24, 2.45) is 0 Å². The van der Waals surface area contributed by atoms with Crippen LogP contribution in [-0.4, -0.2) is 19.8 Å². The number of benzene rings is 1. The molecule has 0 aromatic heterocycles. The summed E-state index contributed by atoms with van der Waals surface area (Å²) in [6, 6.07) is 7.78. The number of rotatable bonds is 1. The first-order valence-electron chi connectivity index (χ1n) is 5.16. The van der Waals surface area contributed by atoms with Gasteiger partial charge in [-0.25, -0.2) is 0 Å². The van der Waals surface area contributed by atoms with Gasteiger partial charge in [0, 0.05) is 6.61 Å². The van der Waals surface area contributed by atoms with Gasteiger partial charge in [0.15, 0.2) is 0 Å². The number of methoxy groups -OCH3 is 1. The molecular formula is C13H14O2. The van der Waals surface area contributed by atoms with E-state index in [4.69, 9.17) is 9.47 Å². The Labute approximate surface area is 90.2 Å². The lowest BCUT2D eigenvalue weighted by molar-refractivity contribution is 0.152. The van der Waals surface area contributed by atoms with Crippen LogP contribution in [0.2, 0.25) is 0 Å². The van der Waals surface area contributed by atoms with Crippen LogP contribution in [0.25, 0.3) is 0 Å². The topological polar surface area (TPSA) is 18.5 Å². The molecule has 1 unspecified atom stereocenters. The summed E-state index contributed by atoms with van der Waals surface area (Å²) in [6.07, 6.45) is 2.27. The maximum Gasteiger partial charge on any atom is 0.134 e. The van der Waals surface area contributed by atoms with Gasteiger partial charge < -0.3 is 9.47 Å². The maximum atomic E-state index is 5.43. The van der Waals surface area contributed by atoms with Gasteiger partial charge in [0.2, 0.25) is 0 Å². The molecule has 0 bridgehead atoms. The predicted molar refractivity (Wildman–Crippen MR) is 58.8 cm³/mol. The molecule has 1 atom stereocenters. The third-order valence-electron chi connectivity index (χ3n) is 2.40. The zero-order chi connectivity index (χ0) is 10.5. The highest BCUT2D eigenvalue weighted by Crippen LogP contribution is 2.16. The van der Waals surface area contributed by atoms with E-state index in [9.17, 15) is 0 Å². The van der Waals surface area contributed by atoms with Crippen molar-refractivity contribution in [1.82, 2.24) is 0 Å². The highest BCUT2D eigenvalue weighted by molar-refractivity contribution is 5.46. The molecule has 0 N–H and O–H groups in total. The highest BCUT2D eigenvalue weighted by atomic mass is 16.5. The molecule has 0 spiro atoms. The molecule has 2 heteroatoms. The van der Waals surface area contributed by atoms with Crippen molar-refractivity contribution in [2.75, 3.05) is 13.7 Å². The van der Waals surface area contributed by atoms with Crippen molar-refractivity contribution < 1.29 is 9.47 Å². The van der Waals surface area contributed by atoms with E-state index in [1.54, 1.807) is 7.11 Å². The van der Waals surface area contributed by atoms with Gasteiger partial charge in [-0.1, -0.05) is 24.0 Å². The summed E-state index contributed by atoms with van der Waals surface area (Å²) in [5.74, 6) is 7.05. The zero-order valence-electron chi connectivity index (χ0n) is 8.82. The van der Waals surface area contributed by atoms with E-state index >= 15 is 0 Å². The molecule has 2 rings (SSSR count). The molecule has 78 valence electrons. The van der Waals surface area contributed by atoms with Crippen LogP contribution >= 0.6 is 0 Å². The SMILES string of the molecule is COc1ccccc1C#CC1CCCO1. The van der Waals surface area contributed by atoms with E-state index in [0.717, 1.165) is 30.8 Å². The van der Waals surface area contributed by atoms with Crippen molar-refractivity contribution >= 4 is 0 Å². The summed E-state index contributed by atoms with van der Waals surface area (Å²) in [5, 5.41) is 0. The highest BCUT2D eigenvalue weighted by Gasteiger charge is 2.11. The Kier molecular flexibility index (Phi) is 3.26. The fraction of sp³-hybridized carbons (Fsp3) is 0.385. The van der Waals surface area contributed by atoms with Gasteiger partial charge in [-0.05, 0) is 25.0 Å². The Morgan fingerprint density at radius 1 is 1.40 bits per heavy atom. The molecule has 0 saturated carbocycles. The third kappa shape index (κ3) is 2.51. The van der Waals surface area contributed by atoms with Gasteiger partial charge in [-0.15, -0.1) is 0 Å². The van der Waals surface area contributed by atoms with Gasteiger partial charge in [-0.2, -0.15) is 0 Å². The lowest BCUT2D eigenvalue weighted by atomic mass is 10.2. The molecule has 1 heterocycles. The fourth-order valence-electron chi connectivity index (χ4n) is 1.60. The van der Waals surface area contributed by atoms with Gasteiger partial charge >= 0.3 is 0 Å². The molecule has 1 aliphatic rings. The smallest absolute Gasteiger partial charge is 0.134 e. The van der Waals surface area contributed by atoms with Crippen molar-refractivity contribution in [3.8, 4) is 17.6 Å². The minimum atomic E-state index is 0.106. The van der Waals surface area contributed by atoms with Crippen molar-refractivity contribution in [1.29, 1.82) is 0 Å². The van der Waals surface area contributed by atoms with E-state index in [-0.39, 0.29) is 6.10 Å². The summed E-state index contributed by atoms with van der Waals surface area (Å²) in [4.78, 5) is 0. The summed E-state index contributed by atoms with van der Waals surface area (Å²) in [7, 11) is 1.66. The molecule has 15 heavy (non-hydrogen) atoms. The minimum Gasteiger partial charge on any atom is -0.495 e. The third-order valence-corrected chi connectivity index (χ3v) is 2.40. The lowest BCUT2D eigenvalue weighted by Gasteiger charge is -2.02. The molecule has 0 radical (unpaired) electrons. The fourth-order valence-corrected chi connectivity index (χ4v) is 1.60. The zero-order valence-corrected chi connectivity index (χ0v) is 8.82. The Morgan fingerprint density at radius 3 is 3.00 bits per heavy atom. The number of hydrogen-bond acceptors (Lipinski definition) is 2. The molecule has 1 aliphatic heterocycles. The number of para-hydroxylation sites is 1. The quantitative estimate of drug-likeness (QED) is 0.650. The van der Waals surface area contributed by atoms with Crippen LogP contribution in [0.3, 0.4) is 0 Å². The van der Waals surface area contributed by atoms with E-state index in [0.29, 0.717) is 0 Å². The second-order valence-corrected chi connectivity index (χ2v) is 3.47. The largest absolute Gasteiger partial charge is 0.495 e. The van der Waals surface area contributed by atoms with E-state index < -0.39 is 0 Å². The molecule has 2 nitrogen and oxygen atoms in total. The Hall–Kier alpha value is -1.46. The first-order chi connectivity index (χ1) is 7.40. The van der Waals surface area contributed by atoms with Crippen LogP contribution in [-0.2, 0) is 4.74 Å². The Bertz CT molecular complexity index is 381. The van der Waals surface area contributed by atoms with Crippen molar-refractivity contribution in [3.63, 3.8) is 0 Å². The second kappa shape index (κ2) is 4.86. The normalized spacial score (nSPS) is 19.4. The first kappa shape index (κ1) is 10.1. The number of hydrogen-bond donors (Lipinski definition) is 0. The van der Waals surface area contributed by atoms with Crippen LogP contribution in [0.1, 0.15) is 18.4 Å². The van der Waals surface area contributed by atoms with E-state index in [1.165, 1.54) is 0 Å². The van der Waals surface area contributed by atoms with Gasteiger partial charge in [0.1, 0.15) is 11.9 Å². The average Bonchev–Trinajstić information content (AvgIpc) is 2.79. The summed E-state index contributed by atoms with van der Waals surface area (Å²) >= 11 is 0. The predicted octanol–water partition coefficient (Wildman–Crippen LogP) is 2.23. The van der Waals surface area contributed by atoms with E-state index in [1.807, 2.05) is 24.3 Å². The molecule has 1 aromatic carbocycles. The van der Waals surface area contributed by atoms with Gasteiger partial charge in [-0.3, -0.25) is 0 Å². The lowest BCUT2D eigenvalue weighted by Crippen LogP contribution is -1.99. The Balaban J connectivity index is 2.14. The molecular weight excluding hydrogens is 188 g/mol. The molecule has 0 amide bonds. The van der Waals surface area contributed by atoms with Crippen molar-refractivity contribution in [3.05, 3.63) is 29.8 Å². The van der Waals surface area contributed by atoms with Gasteiger partial charge in [0.25, 0.3) is 0 Å². The Morgan fingerprint density at radius 2 is 2.27 bits per heavy atom. The molecule has 0 aliphatic carbocycles. The van der Waals surface area contributed by atoms with Crippen LogP contribution in [0, 0.1) is 11.8 Å². The summed E-state index contributed by atoms with van der Waals surface area (Å²) in [5.41, 5.74) is 0.926. The van der Waals surface area contributed by atoms with Crippen LogP contribution in [0.15, 0.2) is 24.3 Å². The average molecular weight is 202 g/mol. The first-order valence-corrected chi connectivity index (χ1v) is 5.16. The second-order valence-electron chi connectivity index (χ2n) is 3.47. The van der Waals surface area contributed by atoms with Crippen LogP contribution in [0.4, 0.5) is 0 Å². The van der Waals surface area contributed by atoms with Crippen molar-refractivity contribution in [2.45, 2.75) is 18.9 Å². The molecule has 1 saturated heterocycles. The van der Waals surface area contributed by atoms with Crippen LogP contribution in [0.5, 0.6) is 5.75 Å². The molecule has 1 fully saturated rings. The van der Waals surface area contributed by atoms with E-state index in [2.05, 4.69) is 11.8 Å². The minimum absolute atomic E-state index is 0.106. The summed E-state index contributed by atoms with van der Waals surface area (Å²) in [6.45, 7) is 0.839. The number of ether oxygens (including phenoxy) is 2.